The Labute approximate surface area is 195 Å². The Kier molecular flexibility index (Phi) is 4.87. The van der Waals surface area contributed by atoms with E-state index in [1.165, 1.54) is 19.1 Å². The van der Waals surface area contributed by atoms with E-state index in [9.17, 15) is 13.2 Å². The van der Waals surface area contributed by atoms with E-state index in [0.717, 1.165) is 66.8 Å². The Hall–Kier alpha value is -2.36. The van der Waals surface area contributed by atoms with E-state index >= 15 is 0 Å². The molecule has 6 rings (SSSR count). The van der Waals surface area contributed by atoms with Crippen LogP contribution in [0.2, 0.25) is 0 Å². The van der Waals surface area contributed by atoms with Gasteiger partial charge in [-0.25, -0.2) is 13.4 Å². The summed E-state index contributed by atoms with van der Waals surface area (Å²) in [5, 5.41) is 4.11. The molecule has 1 amide bonds. The van der Waals surface area contributed by atoms with Crippen LogP contribution in [0.4, 0.5) is 11.5 Å². The van der Waals surface area contributed by atoms with Gasteiger partial charge in [-0.1, -0.05) is 0 Å². The van der Waals surface area contributed by atoms with Crippen LogP contribution in [-0.4, -0.2) is 73.3 Å². The number of rotatable bonds is 6. The Bertz CT molecular complexity index is 1110. The van der Waals surface area contributed by atoms with Gasteiger partial charge in [0.25, 0.3) is 0 Å². The van der Waals surface area contributed by atoms with Crippen molar-refractivity contribution in [2.24, 2.45) is 16.9 Å². The Morgan fingerprint density at radius 1 is 1.09 bits per heavy atom. The zero-order chi connectivity index (χ0) is 22.9. The highest BCUT2D eigenvalue weighted by Gasteiger charge is 2.45. The maximum atomic E-state index is 12.9. The number of pyridine rings is 1. The smallest absolute Gasteiger partial charge is 0.246 e. The normalized spacial score (nSPS) is 28.0. The minimum Gasteiger partial charge on any atom is -0.396 e. The van der Waals surface area contributed by atoms with Crippen molar-refractivity contribution in [1.82, 2.24) is 14.3 Å². The molecule has 5 aliphatic rings. The highest BCUT2D eigenvalue weighted by Crippen LogP contribution is 2.46. The van der Waals surface area contributed by atoms with Crippen LogP contribution in [0.25, 0.3) is 0 Å². The number of nitrogens with two attached hydrogens (primary N) is 1. The molecule has 178 valence electrons. The van der Waals surface area contributed by atoms with E-state index in [1.54, 1.807) is 6.21 Å². The lowest BCUT2D eigenvalue weighted by atomic mass is 9.96. The van der Waals surface area contributed by atoms with Gasteiger partial charge in [0, 0.05) is 49.3 Å². The second-order valence-electron chi connectivity index (χ2n) is 10.4. The molecule has 0 aromatic carbocycles. The lowest BCUT2D eigenvalue weighted by Gasteiger charge is -2.43. The maximum Gasteiger partial charge on any atom is 0.246 e. The van der Waals surface area contributed by atoms with Crippen molar-refractivity contribution in [2.45, 2.75) is 56.4 Å². The standard InChI is InChI=1S/C23H32N6O3S/c1-33(31,32)29-12-17(11-25-29)18-10-19(24)22(26-21(18)15-4-5-15)27-8-9-28(23(30)16-6-7-16)20(13-27)14-2-3-14/h10-11,14-17,20H,2-9,12-13,24H2,1H3/t17?,20-/m0/s1. The third-order valence-corrected chi connectivity index (χ3v) is 8.67. The number of nitrogens with zero attached hydrogens (tertiary/aromatic N) is 5. The van der Waals surface area contributed by atoms with Gasteiger partial charge in [0.15, 0.2) is 5.82 Å². The second-order valence-corrected chi connectivity index (χ2v) is 12.3. The van der Waals surface area contributed by atoms with Crippen LogP contribution in [0, 0.1) is 11.8 Å². The monoisotopic (exact) mass is 472 g/mol. The molecule has 2 N–H and O–H groups in total. The van der Waals surface area contributed by atoms with Gasteiger partial charge < -0.3 is 15.5 Å². The number of carbonyl (C=O) groups is 1. The number of hydrazone groups is 1. The lowest BCUT2D eigenvalue weighted by Crippen LogP contribution is -2.57. The molecule has 0 radical (unpaired) electrons. The number of piperazine rings is 1. The summed E-state index contributed by atoms with van der Waals surface area (Å²) in [5.74, 6) is 2.28. The van der Waals surface area contributed by atoms with Crippen molar-refractivity contribution < 1.29 is 13.2 Å². The molecule has 1 saturated heterocycles. The van der Waals surface area contributed by atoms with Crippen molar-refractivity contribution in [2.75, 3.05) is 43.1 Å². The molecule has 1 aromatic heterocycles. The Balaban J connectivity index is 1.27. The molecule has 10 heteroatoms. The molecule has 3 saturated carbocycles. The van der Waals surface area contributed by atoms with Gasteiger partial charge in [-0.2, -0.15) is 9.52 Å². The summed E-state index contributed by atoms with van der Waals surface area (Å²) in [7, 11) is -3.38. The van der Waals surface area contributed by atoms with Crippen LogP contribution in [0.1, 0.15) is 61.6 Å². The number of hydrogen-bond donors (Lipinski definition) is 1. The molecule has 2 aliphatic heterocycles. The Morgan fingerprint density at radius 2 is 1.85 bits per heavy atom. The van der Waals surface area contributed by atoms with Crippen LogP contribution in [-0.2, 0) is 14.8 Å². The molecule has 33 heavy (non-hydrogen) atoms. The number of anilines is 2. The predicted molar refractivity (Wildman–Crippen MR) is 127 cm³/mol. The fourth-order valence-electron chi connectivity index (χ4n) is 5.33. The van der Waals surface area contributed by atoms with Gasteiger partial charge in [0.1, 0.15) is 0 Å². The molecule has 1 unspecified atom stereocenters. The highest BCUT2D eigenvalue weighted by atomic mass is 32.2. The molecular weight excluding hydrogens is 440 g/mol. The van der Waals surface area contributed by atoms with E-state index < -0.39 is 10.0 Å². The average Bonchev–Trinajstić information content (AvgIpc) is 3.64. The summed E-state index contributed by atoms with van der Waals surface area (Å²) in [6, 6.07) is 2.24. The molecule has 3 heterocycles. The van der Waals surface area contributed by atoms with Crippen molar-refractivity contribution in [1.29, 1.82) is 0 Å². The Morgan fingerprint density at radius 3 is 2.45 bits per heavy atom. The summed E-state index contributed by atoms with van der Waals surface area (Å²) in [6.45, 7) is 2.56. The van der Waals surface area contributed by atoms with Gasteiger partial charge >= 0.3 is 0 Å². The number of hydrogen-bond acceptors (Lipinski definition) is 7. The zero-order valence-corrected chi connectivity index (χ0v) is 19.9. The molecule has 4 fully saturated rings. The van der Waals surface area contributed by atoms with Gasteiger partial charge in [-0.15, -0.1) is 0 Å². The van der Waals surface area contributed by atoms with E-state index in [0.29, 0.717) is 30.0 Å². The molecule has 0 bridgehead atoms. The van der Waals surface area contributed by atoms with Gasteiger partial charge in [-0.3, -0.25) is 4.79 Å². The third kappa shape index (κ3) is 4.06. The predicted octanol–water partition coefficient (Wildman–Crippen LogP) is 1.72. The first-order chi connectivity index (χ1) is 15.8. The highest BCUT2D eigenvalue weighted by molar-refractivity contribution is 7.88. The summed E-state index contributed by atoms with van der Waals surface area (Å²) in [6.07, 6.45) is 9.54. The molecule has 1 aromatic rings. The second kappa shape index (κ2) is 7.58. The fraction of sp³-hybridized carbons (Fsp3) is 0.696. The zero-order valence-electron chi connectivity index (χ0n) is 19.1. The summed E-state index contributed by atoms with van der Waals surface area (Å²) < 4.78 is 25.0. The number of amides is 1. The van der Waals surface area contributed by atoms with Crippen LogP contribution in [0.15, 0.2) is 11.2 Å². The van der Waals surface area contributed by atoms with Crippen LogP contribution >= 0.6 is 0 Å². The topological polar surface area (TPSA) is 112 Å². The first-order valence-corrected chi connectivity index (χ1v) is 14.0. The quantitative estimate of drug-likeness (QED) is 0.675. The van der Waals surface area contributed by atoms with E-state index in [4.69, 9.17) is 10.7 Å². The number of sulfonamides is 1. The number of carbonyl (C=O) groups excluding carboxylic acids is 1. The summed E-state index contributed by atoms with van der Waals surface area (Å²) in [5.41, 5.74) is 9.21. The molecule has 0 spiro atoms. The van der Waals surface area contributed by atoms with Gasteiger partial charge in [0.05, 0.1) is 24.5 Å². The molecule has 9 nitrogen and oxygen atoms in total. The number of nitrogen functional groups attached to an aromatic ring is 1. The van der Waals surface area contributed by atoms with Crippen LogP contribution in [0.5, 0.6) is 0 Å². The molecule has 3 aliphatic carbocycles. The van der Waals surface area contributed by atoms with Crippen LogP contribution < -0.4 is 10.6 Å². The summed E-state index contributed by atoms with van der Waals surface area (Å²) in [4.78, 5) is 22.4. The van der Waals surface area contributed by atoms with Crippen molar-refractivity contribution in [3.8, 4) is 0 Å². The maximum absolute atomic E-state index is 12.9. The minimum absolute atomic E-state index is 0.133. The van der Waals surface area contributed by atoms with Crippen molar-refractivity contribution in [3.05, 3.63) is 17.3 Å². The average molecular weight is 473 g/mol. The SMILES string of the molecule is CS(=O)(=O)N1CC(c2cc(N)c(N3CCN(C(=O)C4CC4)[C@H](C4CC4)C3)nc2C2CC2)C=N1. The molecular formula is C23H32N6O3S. The number of aromatic nitrogens is 1. The van der Waals surface area contributed by atoms with Crippen LogP contribution in [0.3, 0.4) is 0 Å². The van der Waals surface area contributed by atoms with E-state index in [1.807, 2.05) is 6.07 Å². The van der Waals surface area contributed by atoms with Crippen molar-refractivity contribution in [3.63, 3.8) is 0 Å². The van der Waals surface area contributed by atoms with Gasteiger partial charge in [-0.05, 0) is 56.1 Å². The summed E-state index contributed by atoms with van der Waals surface area (Å²) >= 11 is 0. The van der Waals surface area contributed by atoms with E-state index in [-0.39, 0.29) is 17.9 Å². The molecule has 2 atom stereocenters. The largest absolute Gasteiger partial charge is 0.396 e. The minimum atomic E-state index is -3.38. The fourth-order valence-corrected chi connectivity index (χ4v) is 5.98. The van der Waals surface area contributed by atoms with Gasteiger partial charge in [0.2, 0.25) is 15.9 Å². The van der Waals surface area contributed by atoms with Crippen molar-refractivity contribution >= 4 is 33.7 Å². The third-order valence-electron chi connectivity index (χ3n) is 7.66. The first kappa shape index (κ1) is 21.2. The van der Waals surface area contributed by atoms with E-state index in [2.05, 4.69) is 14.9 Å². The first-order valence-electron chi connectivity index (χ1n) is 12.2. The lowest BCUT2D eigenvalue weighted by molar-refractivity contribution is -0.135.